The minimum Gasteiger partial charge on any atom is -0.493 e. The number of oxazole rings is 1. The topological polar surface area (TPSA) is 97.6 Å². The van der Waals surface area contributed by atoms with Crippen molar-refractivity contribution in [2.45, 2.75) is 27.1 Å². The number of hydrogen-bond acceptors (Lipinski definition) is 9. The van der Waals surface area contributed by atoms with Crippen LogP contribution in [0.2, 0.25) is 0 Å². The van der Waals surface area contributed by atoms with Crippen LogP contribution < -0.4 is 14.2 Å². The molecule has 0 N–H and O–H groups in total. The van der Waals surface area contributed by atoms with Gasteiger partial charge in [-0.1, -0.05) is 24.3 Å². The Kier molecular flexibility index (Phi) is 7.87. The van der Waals surface area contributed by atoms with Gasteiger partial charge in [0.25, 0.3) is 5.89 Å². The third kappa shape index (κ3) is 6.13. The van der Waals surface area contributed by atoms with Crippen molar-refractivity contribution < 1.29 is 23.0 Å². The van der Waals surface area contributed by atoms with E-state index in [9.17, 15) is 0 Å². The fourth-order valence-corrected chi connectivity index (χ4v) is 4.81. The Morgan fingerprint density at radius 3 is 2.57 bits per heavy atom. The van der Waals surface area contributed by atoms with Crippen molar-refractivity contribution in [3.63, 3.8) is 0 Å². The van der Waals surface area contributed by atoms with E-state index in [2.05, 4.69) is 9.97 Å². The maximum absolute atomic E-state index is 6.21. The highest BCUT2D eigenvalue weighted by Gasteiger charge is 2.16. The van der Waals surface area contributed by atoms with Gasteiger partial charge in [-0.05, 0) is 68.0 Å². The first-order valence-corrected chi connectivity index (χ1v) is 14.1. The fraction of sp³-hybridized carbons (Fsp3) is 0.156. The van der Waals surface area contributed by atoms with Crippen LogP contribution in [0.15, 0.2) is 87.3 Å². The molecule has 0 fully saturated rings. The molecule has 10 heteroatoms. The predicted molar refractivity (Wildman–Crippen MR) is 160 cm³/mol. The summed E-state index contributed by atoms with van der Waals surface area (Å²) in [6.07, 6.45) is 7.46. The summed E-state index contributed by atoms with van der Waals surface area (Å²) in [5.41, 5.74) is 4.25. The van der Waals surface area contributed by atoms with Crippen LogP contribution in [0.1, 0.15) is 33.3 Å². The molecule has 2 aromatic carbocycles. The predicted octanol–water partition coefficient (Wildman–Crippen LogP) is 7.53. The first kappa shape index (κ1) is 27.1. The molecule has 42 heavy (non-hydrogen) atoms. The largest absolute Gasteiger partial charge is 0.493 e. The summed E-state index contributed by atoms with van der Waals surface area (Å²) in [6, 6.07) is 19.2. The van der Waals surface area contributed by atoms with Crippen LogP contribution in [0.3, 0.4) is 0 Å². The maximum atomic E-state index is 6.21. The smallest absolute Gasteiger partial charge is 0.263 e. The average Bonchev–Trinajstić information content (AvgIpc) is 3.82. The molecule has 0 saturated heterocycles. The summed E-state index contributed by atoms with van der Waals surface area (Å²) in [4.78, 5) is 9.02. The molecule has 0 spiro atoms. The second-order valence-electron chi connectivity index (χ2n) is 9.36. The number of methoxy groups -OCH3 is 1. The Balaban J connectivity index is 1.17. The van der Waals surface area contributed by atoms with Crippen molar-refractivity contribution >= 4 is 23.5 Å². The van der Waals surface area contributed by atoms with Crippen molar-refractivity contribution in [2.75, 3.05) is 7.11 Å². The Bertz CT molecular complexity index is 1800. The van der Waals surface area contributed by atoms with Crippen molar-refractivity contribution in [3.05, 3.63) is 112 Å². The van der Waals surface area contributed by atoms with Gasteiger partial charge in [0.05, 0.1) is 35.3 Å². The second-order valence-corrected chi connectivity index (χ2v) is 10.4. The van der Waals surface area contributed by atoms with E-state index in [0.29, 0.717) is 40.5 Å². The van der Waals surface area contributed by atoms with Gasteiger partial charge in [0.1, 0.15) is 24.7 Å². The van der Waals surface area contributed by atoms with Gasteiger partial charge in [0, 0.05) is 11.6 Å². The number of benzene rings is 2. The van der Waals surface area contributed by atoms with Crippen molar-refractivity contribution in [2.24, 2.45) is 0 Å². The molecule has 0 aliphatic heterocycles. The lowest BCUT2D eigenvalue weighted by Crippen LogP contribution is -2.02. The van der Waals surface area contributed by atoms with Gasteiger partial charge in [-0.25, -0.2) is 14.6 Å². The van der Waals surface area contributed by atoms with E-state index in [-0.39, 0.29) is 13.2 Å². The number of thiazole rings is 1. The van der Waals surface area contributed by atoms with Gasteiger partial charge in [-0.15, -0.1) is 16.4 Å². The minimum absolute atomic E-state index is 0.216. The fourth-order valence-electron chi connectivity index (χ4n) is 4.23. The molecule has 6 rings (SSSR count). The van der Waals surface area contributed by atoms with Crippen molar-refractivity contribution in [3.8, 4) is 34.7 Å². The quantitative estimate of drug-likeness (QED) is 0.155. The SMILES string of the molecule is COc1cc(COc2nn(-c3ccccc3)cc2C=Cc2csc(C)n2)ccc1OCc1nc(-c2ccco2)oc1C. The lowest BCUT2D eigenvalue weighted by Gasteiger charge is -2.12. The summed E-state index contributed by atoms with van der Waals surface area (Å²) in [7, 11) is 1.60. The van der Waals surface area contributed by atoms with Crippen LogP contribution in [0.4, 0.5) is 0 Å². The molecule has 0 atom stereocenters. The molecule has 0 aliphatic rings. The third-order valence-electron chi connectivity index (χ3n) is 6.39. The molecule has 6 aromatic rings. The van der Waals surface area contributed by atoms with E-state index < -0.39 is 0 Å². The molecule has 212 valence electrons. The molecule has 0 bridgehead atoms. The first-order chi connectivity index (χ1) is 20.6. The van der Waals surface area contributed by atoms with E-state index >= 15 is 0 Å². The number of furan rings is 1. The highest BCUT2D eigenvalue weighted by atomic mass is 32.1. The Labute approximate surface area is 246 Å². The zero-order chi connectivity index (χ0) is 28.9. The molecular formula is C32H28N4O5S. The molecule has 0 radical (unpaired) electrons. The molecule has 4 heterocycles. The van der Waals surface area contributed by atoms with E-state index in [1.165, 1.54) is 0 Å². The van der Waals surface area contributed by atoms with Gasteiger partial charge < -0.3 is 23.0 Å². The van der Waals surface area contributed by atoms with Crippen LogP contribution in [0.5, 0.6) is 17.4 Å². The second kappa shape index (κ2) is 12.2. The van der Waals surface area contributed by atoms with Gasteiger partial charge in [0.15, 0.2) is 17.3 Å². The lowest BCUT2D eigenvalue weighted by atomic mass is 10.2. The Morgan fingerprint density at radius 2 is 1.81 bits per heavy atom. The van der Waals surface area contributed by atoms with Crippen LogP contribution in [-0.2, 0) is 13.2 Å². The summed E-state index contributed by atoms with van der Waals surface area (Å²) in [5, 5.41) is 7.75. The molecule has 9 nitrogen and oxygen atoms in total. The number of hydrogen-bond donors (Lipinski definition) is 0. The number of ether oxygens (including phenoxy) is 3. The van der Waals surface area contributed by atoms with Crippen LogP contribution >= 0.6 is 11.3 Å². The Morgan fingerprint density at radius 1 is 0.929 bits per heavy atom. The Hall–Kier alpha value is -5.09. The number of nitrogens with zero attached hydrogens (tertiary/aromatic N) is 4. The van der Waals surface area contributed by atoms with Gasteiger partial charge in [0.2, 0.25) is 5.88 Å². The average molecular weight is 581 g/mol. The van der Waals surface area contributed by atoms with Crippen LogP contribution in [0, 0.1) is 13.8 Å². The molecule has 4 aromatic heterocycles. The summed E-state index contributed by atoms with van der Waals surface area (Å²) in [5.74, 6) is 3.32. The molecule has 0 saturated carbocycles. The maximum Gasteiger partial charge on any atom is 0.263 e. The van der Waals surface area contributed by atoms with Crippen LogP contribution in [-0.4, -0.2) is 26.9 Å². The minimum atomic E-state index is 0.216. The first-order valence-electron chi connectivity index (χ1n) is 13.2. The summed E-state index contributed by atoms with van der Waals surface area (Å²) < 4.78 is 30.8. The van der Waals surface area contributed by atoms with E-state index in [4.69, 9.17) is 28.1 Å². The zero-order valence-electron chi connectivity index (χ0n) is 23.3. The summed E-state index contributed by atoms with van der Waals surface area (Å²) >= 11 is 1.61. The number of aromatic nitrogens is 4. The summed E-state index contributed by atoms with van der Waals surface area (Å²) in [6.45, 7) is 4.33. The highest BCUT2D eigenvalue weighted by molar-refractivity contribution is 7.09. The van der Waals surface area contributed by atoms with Gasteiger partial charge in [-0.2, -0.15) is 0 Å². The van der Waals surface area contributed by atoms with E-state index in [1.807, 2.05) is 90.8 Å². The highest BCUT2D eigenvalue weighted by Crippen LogP contribution is 2.31. The third-order valence-corrected chi connectivity index (χ3v) is 7.18. The normalized spacial score (nSPS) is 11.3. The number of para-hydroxylation sites is 1. The monoisotopic (exact) mass is 580 g/mol. The van der Waals surface area contributed by atoms with Gasteiger partial charge in [-0.3, -0.25) is 0 Å². The molecule has 0 amide bonds. The lowest BCUT2D eigenvalue weighted by molar-refractivity contribution is 0.275. The van der Waals surface area contributed by atoms with Crippen molar-refractivity contribution in [1.82, 2.24) is 19.7 Å². The van der Waals surface area contributed by atoms with Gasteiger partial charge >= 0.3 is 0 Å². The van der Waals surface area contributed by atoms with E-state index in [1.54, 1.807) is 36.8 Å². The zero-order valence-corrected chi connectivity index (χ0v) is 24.1. The number of rotatable bonds is 11. The number of aryl methyl sites for hydroxylation is 2. The molecule has 0 aliphatic carbocycles. The molecule has 0 unspecified atom stereocenters. The standard InChI is InChI=1S/C32H28N4O5S/c1-21-27(34-32(41-21)29-10-7-15-38-29)19-39-28-14-11-23(16-30(28)37-3)18-40-31-24(12-13-25-20-42-22(2)33-25)17-36(35-31)26-8-5-4-6-9-26/h4-17,20H,18-19H2,1-3H3. The van der Waals surface area contributed by atoms with Crippen LogP contribution in [0.25, 0.3) is 29.5 Å². The molecular weight excluding hydrogens is 552 g/mol. The van der Waals surface area contributed by atoms with Crippen molar-refractivity contribution in [1.29, 1.82) is 0 Å². The van der Waals surface area contributed by atoms with E-state index in [0.717, 1.165) is 27.5 Å².